The van der Waals surface area contributed by atoms with Gasteiger partial charge in [-0.15, -0.1) is 0 Å². The van der Waals surface area contributed by atoms with Gasteiger partial charge in [-0.2, -0.15) is 0 Å². The molecule has 1 aliphatic rings. The lowest BCUT2D eigenvalue weighted by Crippen LogP contribution is -2.28. The molecule has 0 aliphatic carbocycles. The molecule has 1 heterocycles. The van der Waals surface area contributed by atoms with Crippen LogP contribution >= 0.6 is 0 Å². The van der Waals surface area contributed by atoms with Gasteiger partial charge in [0.05, 0.1) is 20.1 Å². The van der Waals surface area contributed by atoms with Crippen molar-refractivity contribution in [3.63, 3.8) is 0 Å². The first-order chi connectivity index (χ1) is 10.2. The Bertz CT molecular complexity index is 481. The summed E-state index contributed by atoms with van der Waals surface area (Å²) >= 11 is 0. The van der Waals surface area contributed by atoms with Crippen molar-refractivity contribution in [2.24, 2.45) is 0 Å². The average Bonchev–Trinajstić information content (AvgIpc) is 2.99. The zero-order valence-corrected chi connectivity index (χ0v) is 13.2. The molecule has 0 aromatic heterocycles. The fraction of sp³-hybridized carbons (Fsp3) is 0.588. The van der Waals surface area contributed by atoms with E-state index in [9.17, 15) is 4.79 Å². The van der Waals surface area contributed by atoms with Gasteiger partial charge >= 0.3 is 5.97 Å². The number of aryl methyl sites for hydroxylation is 1. The van der Waals surface area contributed by atoms with Crippen LogP contribution in [0.5, 0.6) is 5.75 Å². The summed E-state index contributed by atoms with van der Waals surface area (Å²) < 4.78 is 10.5. The minimum atomic E-state index is -0.122. The maximum Gasteiger partial charge on any atom is 0.307 e. The highest BCUT2D eigenvalue weighted by Gasteiger charge is 2.26. The van der Waals surface area contributed by atoms with Gasteiger partial charge in [-0.25, -0.2) is 0 Å². The normalized spacial score (nSPS) is 16.7. The lowest BCUT2D eigenvalue weighted by Gasteiger charge is -2.27. The zero-order chi connectivity index (χ0) is 15.2. The lowest BCUT2D eigenvalue weighted by atomic mass is 10.00. The van der Waals surface area contributed by atoms with Crippen molar-refractivity contribution >= 4 is 5.97 Å². The van der Waals surface area contributed by atoms with Crippen LogP contribution < -0.4 is 4.74 Å². The molecule has 0 spiro atoms. The quantitative estimate of drug-likeness (QED) is 0.755. The van der Waals surface area contributed by atoms with Gasteiger partial charge in [0.15, 0.2) is 0 Å². The van der Waals surface area contributed by atoms with Gasteiger partial charge in [-0.1, -0.05) is 12.1 Å². The molecule has 0 saturated carbocycles. The van der Waals surface area contributed by atoms with Crippen LogP contribution in [0.15, 0.2) is 18.2 Å². The SMILES string of the molecule is CCOC(=O)CC(c1ccc(OC)c(C)c1)N1CCCC1. The Morgan fingerprint density at radius 3 is 2.62 bits per heavy atom. The molecule has 116 valence electrons. The molecule has 0 radical (unpaired) electrons. The molecule has 1 atom stereocenters. The number of rotatable bonds is 6. The van der Waals surface area contributed by atoms with E-state index in [0.717, 1.165) is 24.4 Å². The highest BCUT2D eigenvalue weighted by molar-refractivity contribution is 5.70. The first-order valence-corrected chi connectivity index (χ1v) is 7.70. The first-order valence-electron chi connectivity index (χ1n) is 7.70. The molecular weight excluding hydrogens is 266 g/mol. The maximum absolute atomic E-state index is 11.9. The van der Waals surface area contributed by atoms with Crippen molar-refractivity contribution < 1.29 is 14.3 Å². The van der Waals surface area contributed by atoms with E-state index in [1.165, 1.54) is 18.4 Å². The molecule has 1 saturated heterocycles. The van der Waals surface area contributed by atoms with Crippen LogP contribution in [0.2, 0.25) is 0 Å². The van der Waals surface area contributed by atoms with E-state index >= 15 is 0 Å². The van der Waals surface area contributed by atoms with E-state index in [0.29, 0.717) is 13.0 Å². The molecule has 1 fully saturated rings. The highest BCUT2D eigenvalue weighted by Crippen LogP contribution is 2.31. The average molecular weight is 291 g/mol. The van der Waals surface area contributed by atoms with Crippen molar-refractivity contribution in [3.05, 3.63) is 29.3 Å². The van der Waals surface area contributed by atoms with Crippen LogP contribution in [-0.2, 0) is 9.53 Å². The molecule has 1 aromatic carbocycles. The molecule has 4 heteroatoms. The third-order valence-electron chi connectivity index (χ3n) is 4.05. The molecule has 1 unspecified atom stereocenters. The van der Waals surface area contributed by atoms with Gasteiger partial charge < -0.3 is 9.47 Å². The van der Waals surface area contributed by atoms with Crippen molar-refractivity contribution in [2.45, 2.75) is 39.2 Å². The summed E-state index contributed by atoms with van der Waals surface area (Å²) in [5.74, 6) is 0.762. The zero-order valence-electron chi connectivity index (χ0n) is 13.2. The highest BCUT2D eigenvalue weighted by atomic mass is 16.5. The number of methoxy groups -OCH3 is 1. The summed E-state index contributed by atoms with van der Waals surface area (Å²) in [6.45, 7) is 6.42. The summed E-state index contributed by atoms with van der Waals surface area (Å²) in [5, 5.41) is 0. The number of carbonyl (C=O) groups excluding carboxylic acids is 1. The summed E-state index contributed by atoms with van der Waals surface area (Å²) in [7, 11) is 1.68. The minimum absolute atomic E-state index is 0.108. The second-order valence-electron chi connectivity index (χ2n) is 5.50. The summed E-state index contributed by atoms with van der Waals surface area (Å²) in [6.07, 6.45) is 2.82. The van der Waals surface area contributed by atoms with E-state index < -0.39 is 0 Å². The third kappa shape index (κ3) is 3.97. The van der Waals surface area contributed by atoms with Gasteiger partial charge in [-0.3, -0.25) is 9.69 Å². The van der Waals surface area contributed by atoms with Crippen LogP contribution in [0.1, 0.15) is 43.4 Å². The lowest BCUT2D eigenvalue weighted by molar-refractivity contribution is -0.144. The fourth-order valence-electron chi connectivity index (χ4n) is 3.00. The van der Waals surface area contributed by atoms with E-state index in [1.54, 1.807) is 7.11 Å². The van der Waals surface area contributed by atoms with Gasteiger partial charge in [0.2, 0.25) is 0 Å². The van der Waals surface area contributed by atoms with E-state index in [4.69, 9.17) is 9.47 Å². The van der Waals surface area contributed by atoms with Crippen LogP contribution in [0.4, 0.5) is 0 Å². The number of hydrogen-bond acceptors (Lipinski definition) is 4. The Hall–Kier alpha value is -1.55. The Kier molecular flexibility index (Phi) is 5.62. The monoisotopic (exact) mass is 291 g/mol. The number of benzene rings is 1. The Morgan fingerprint density at radius 1 is 1.33 bits per heavy atom. The molecule has 2 rings (SSSR count). The van der Waals surface area contributed by atoms with Gasteiger partial charge in [0.1, 0.15) is 5.75 Å². The van der Waals surface area contributed by atoms with Gasteiger partial charge in [-0.05, 0) is 57.0 Å². The van der Waals surface area contributed by atoms with Crippen molar-refractivity contribution in [3.8, 4) is 5.75 Å². The molecule has 4 nitrogen and oxygen atoms in total. The number of ether oxygens (including phenoxy) is 2. The summed E-state index contributed by atoms with van der Waals surface area (Å²) in [4.78, 5) is 14.3. The van der Waals surface area contributed by atoms with Crippen LogP contribution in [-0.4, -0.2) is 37.7 Å². The van der Waals surface area contributed by atoms with E-state index in [2.05, 4.69) is 17.0 Å². The number of esters is 1. The number of nitrogens with zero attached hydrogens (tertiary/aromatic N) is 1. The first kappa shape index (κ1) is 15.8. The van der Waals surface area contributed by atoms with Gasteiger partial charge in [0.25, 0.3) is 0 Å². The third-order valence-corrected chi connectivity index (χ3v) is 4.05. The summed E-state index contributed by atoms with van der Waals surface area (Å²) in [6, 6.07) is 6.28. The molecular formula is C17H25NO3. The second kappa shape index (κ2) is 7.46. The van der Waals surface area contributed by atoms with Crippen molar-refractivity contribution in [1.29, 1.82) is 0 Å². The Balaban J connectivity index is 2.21. The molecule has 21 heavy (non-hydrogen) atoms. The minimum Gasteiger partial charge on any atom is -0.496 e. The molecule has 1 aliphatic heterocycles. The predicted octanol–water partition coefficient (Wildman–Crippen LogP) is 3.09. The number of hydrogen-bond donors (Lipinski definition) is 0. The van der Waals surface area contributed by atoms with Crippen LogP contribution in [0.25, 0.3) is 0 Å². The van der Waals surface area contributed by atoms with E-state index in [1.807, 2.05) is 19.9 Å². The fourth-order valence-corrected chi connectivity index (χ4v) is 3.00. The smallest absolute Gasteiger partial charge is 0.307 e. The van der Waals surface area contributed by atoms with Crippen LogP contribution in [0, 0.1) is 6.92 Å². The van der Waals surface area contributed by atoms with Crippen LogP contribution in [0.3, 0.4) is 0 Å². The number of likely N-dealkylation sites (tertiary alicyclic amines) is 1. The van der Waals surface area contributed by atoms with Gasteiger partial charge in [0, 0.05) is 6.04 Å². The van der Waals surface area contributed by atoms with Crippen molar-refractivity contribution in [2.75, 3.05) is 26.8 Å². The molecule has 0 N–H and O–H groups in total. The van der Waals surface area contributed by atoms with E-state index in [-0.39, 0.29) is 12.0 Å². The predicted molar refractivity (Wildman–Crippen MR) is 82.5 cm³/mol. The topological polar surface area (TPSA) is 38.8 Å². The largest absolute Gasteiger partial charge is 0.496 e. The molecule has 0 bridgehead atoms. The number of carbonyl (C=O) groups is 1. The van der Waals surface area contributed by atoms with Crippen molar-refractivity contribution in [1.82, 2.24) is 4.90 Å². The Labute approximate surface area is 127 Å². The Morgan fingerprint density at radius 2 is 2.05 bits per heavy atom. The second-order valence-corrected chi connectivity index (χ2v) is 5.50. The molecule has 0 amide bonds. The maximum atomic E-state index is 11.9. The standard InChI is InChI=1S/C17H25NO3/c1-4-21-17(19)12-15(18-9-5-6-10-18)14-7-8-16(20-3)13(2)11-14/h7-8,11,15H,4-6,9-10,12H2,1-3H3. The molecule has 1 aromatic rings. The summed E-state index contributed by atoms with van der Waals surface area (Å²) in [5.41, 5.74) is 2.27.